The van der Waals surface area contributed by atoms with E-state index >= 15 is 0 Å². The van der Waals surface area contributed by atoms with Crippen molar-refractivity contribution < 1.29 is 0 Å². The Kier molecular flexibility index (Phi) is 3.58. The standard InChI is InChI=1S/C17H16N4S2/c1-9-15(22-10(2)20-9)13-6-12(11-4-3-5-19-8-11)7-14-16(13)23-17(18)21-14/h3-8,10,15H,1-2H3,(H2,18,21). The number of rotatable bonds is 2. The van der Waals surface area contributed by atoms with Crippen LogP contribution in [0.2, 0.25) is 0 Å². The molecule has 2 atom stereocenters. The summed E-state index contributed by atoms with van der Waals surface area (Å²) in [6, 6.07) is 8.36. The zero-order chi connectivity index (χ0) is 16.0. The first-order valence-corrected chi connectivity index (χ1v) is 9.18. The smallest absolute Gasteiger partial charge is 0.181 e. The molecule has 1 aromatic carbocycles. The number of aliphatic imine (C=N–C) groups is 1. The van der Waals surface area contributed by atoms with Crippen molar-refractivity contribution in [2.45, 2.75) is 24.5 Å². The van der Waals surface area contributed by atoms with Gasteiger partial charge in [-0.3, -0.25) is 9.98 Å². The van der Waals surface area contributed by atoms with E-state index in [-0.39, 0.29) is 5.25 Å². The van der Waals surface area contributed by atoms with Crippen LogP contribution in [-0.2, 0) is 0 Å². The predicted octanol–water partition coefficient (Wildman–Crippen LogP) is 4.54. The van der Waals surface area contributed by atoms with Gasteiger partial charge < -0.3 is 5.73 Å². The Morgan fingerprint density at radius 2 is 2.09 bits per heavy atom. The summed E-state index contributed by atoms with van der Waals surface area (Å²) in [6.07, 6.45) is 3.67. The number of nitrogen functional groups attached to an aromatic ring is 1. The van der Waals surface area contributed by atoms with E-state index in [1.54, 1.807) is 17.5 Å². The Balaban J connectivity index is 1.93. The SMILES string of the molecule is CC1=NC(C)SC1c1cc(-c2cccnc2)cc2nc(N)sc12. The highest BCUT2D eigenvalue weighted by Crippen LogP contribution is 2.45. The molecule has 1 aliphatic heterocycles. The number of aromatic nitrogens is 2. The van der Waals surface area contributed by atoms with Gasteiger partial charge in [0.2, 0.25) is 0 Å². The third-order valence-electron chi connectivity index (χ3n) is 3.91. The van der Waals surface area contributed by atoms with Gasteiger partial charge in [-0.25, -0.2) is 4.98 Å². The van der Waals surface area contributed by atoms with Crippen LogP contribution in [0.4, 0.5) is 5.13 Å². The number of thiazole rings is 1. The quantitative estimate of drug-likeness (QED) is 0.744. The molecule has 4 nitrogen and oxygen atoms in total. The maximum absolute atomic E-state index is 5.97. The lowest BCUT2D eigenvalue weighted by molar-refractivity contribution is 1.06. The van der Waals surface area contributed by atoms with E-state index in [4.69, 9.17) is 5.73 Å². The molecular formula is C17H16N4S2. The monoisotopic (exact) mass is 340 g/mol. The van der Waals surface area contributed by atoms with Gasteiger partial charge in [-0.05, 0) is 43.2 Å². The number of anilines is 1. The number of fused-ring (bicyclic) bond motifs is 1. The maximum atomic E-state index is 5.97. The largest absolute Gasteiger partial charge is 0.375 e. The van der Waals surface area contributed by atoms with Crippen molar-refractivity contribution in [1.29, 1.82) is 0 Å². The highest BCUT2D eigenvalue weighted by molar-refractivity contribution is 8.01. The van der Waals surface area contributed by atoms with Crippen molar-refractivity contribution >= 4 is 44.2 Å². The second-order valence-corrected chi connectivity index (χ2v) is 8.05. The van der Waals surface area contributed by atoms with Crippen LogP contribution in [0.15, 0.2) is 41.7 Å². The Morgan fingerprint density at radius 1 is 1.22 bits per heavy atom. The van der Waals surface area contributed by atoms with Crippen LogP contribution >= 0.6 is 23.1 Å². The van der Waals surface area contributed by atoms with Crippen LogP contribution in [0.3, 0.4) is 0 Å². The highest BCUT2D eigenvalue weighted by atomic mass is 32.2. The summed E-state index contributed by atoms with van der Waals surface area (Å²) in [5.41, 5.74) is 11.6. The molecular weight excluding hydrogens is 324 g/mol. The third-order valence-corrected chi connectivity index (χ3v) is 6.23. The fourth-order valence-corrected chi connectivity index (χ4v) is 5.09. The lowest BCUT2D eigenvalue weighted by Crippen LogP contribution is -2.01. The normalized spacial score (nSPS) is 20.9. The van der Waals surface area contributed by atoms with Crippen molar-refractivity contribution in [2.75, 3.05) is 5.73 Å². The first-order chi connectivity index (χ1) is 11.1. The number of benzene rings is 1. The minimum absolute atomic E-state index is 0.268. The van der Waals surface area contributed by atoms with Crippen LogP contribution in [0.5, 0.6) is 0 Å². The van der Waals surface area contributed by atoms with Crippen LogP contribution in [0, 0.1) is 0 Å². The van der Waals surface area contributed by atoms with Crippen molar-refractivity contribution in [1.82, 2.24) is 9.97 Å². The zero-order valence-corrected chi connectivity index (χ0v) is 14.5. The van der Waals surface area contributed by atoms with Crippen molar-refractivity contribution in [3.05, 3.63) is 42.2 Å². The Bertz CT molecular complexity index is 902. The molecule has 2 aromatic heterocycles. The average molecular weight is 340 g/mol. The molecule has 2 N–H and O–H groups in total. The predicted molar refractivity (Wildman–Crippen MR) is 100 cm³/mol. The molecule has 0 spiro atoms. The van der Waals surface area contributed by atoms with Crippen molar-refractivity contribution in [2.24, 2.45) is 4.99 Å². The Labute approximate surface area is 142 Å². The van der Waals surface area contributed by atoms with Gasteiger partial charge in [0, 0.05) is 23.7 Å². The van der Waals surface area contributed by atoms with E-state index in [1.165, 1.54) is 11.3 Å². The van der Waals surface area contributed by atoms with Gasteiger partial charge in [-0.15, -0.1) is 11.8 Å². The fourth-order valence-electron chi connectivity index (χ4n) is 2.95. The summed E-state index contributed by atoms with van der Waals surface area (Å²) in [7, 11) is 0. The molecule has 6 heteroatoms. The molecule has 3 heterocycles. The number of nitrogens with zero attached hydrogens (tertiary/aromatic N) is 3. The molecule has 0 saturated carbocycles. The van der Waals surface area contributed by atoms with E-state index < -0.39 is 0 Å². The van der Waals surface area contributed by atoms with Crippen molar-refractivity contribution in [3.63, 3.8) is 0 Å². The average Bonchev–Trinajstić information content (AvgIpc) is 3.08. The van der Waals surface area contributed by atoms with Crippen LogP contribution < -0.4 is 5.73 Å². The first kappa shape index (κ1) is 14.7. The molecule has 23 heavy (non-hydrogen) atoms. The fraction of sp³-hybridized carbons (Fsp3) is 0.235. The van der Waals surface area contributed by atoms with Gasteiger partial charge in [0.05, 0.1) is 20.8 Å². The molecule has 0 saturated heterocycles. The van der Waals surface area contributed by atoms with E-state index in [2.05, 4.69) is 47.0 Å². The zero-order valence-electron chi connectivity index (χ0n) is 12.9. The molecule has 4 rings (SSSR count). The summed E-state index contributed by atoms with van der Waals surface area (Å²) < 4.78 is 1.16. The van der Waals surface area contributed by atoms with Crippen LogP contribution in [-0.4, -0.2) is 21.1 Å². The second kappa shape index (κ2) is 5.62. The van der Waals surface area contributed by atoms with E-state index in [9.17, 15) is 0 Å². The number of thioether (sulfide) groups is 1. The number of hydrogen-bond acceptors (Lipinski definition) is 6. The van der Waals surface area contributed by atoms with Gasteiger partial charge in [0.25, 0.3) is 0 Å². The number of hydrogen-bond donors (Lipinski definition) is 1. The Hall–Kier alpha value is -1.92. The molecule has 0 aliphatic carbocycles. The third kappa shape index (κ3) is 2.62. The minimum atomic E-state index is 0.268. The summed E-state index contributed by atoms with van der Waals surface area (Å²) in [4.78, 5) is 13.4. The van der Waals surface area contributed by atoms with Gasteiger partial charge in [0.15, 0.2) is 5.13 Å². The maximum Gasteiger partial charge on any atom is 0.181 e. The highest BCUT2D eigenvalue weighted by Gasteiger charge is 2.27. The summed E-state index contributed by atoms with van der Waals surface area (Å²) in [6.45, 7) is 4.24. The second-order valence-electron chi connectivity index (χ2n) is 5.59. The molecule has 116 valence electrons. The number of nitrogens with two attached hydrogens (primary N) is 1. The number of pyridine rings is 1. The topological polar surface area (TPSA) is 64.2 Å². The first-order valence-electron chi connectivity index (χ1n) is 7.42. The van der Waals surface area contributed by atoms with Crippen LogP contribution in [0.1, 0.15) is 24.7 Å². The van der Waals surface area contributed by atoms with Gasteiger partial charge >= 0.3 is 0 Å². The lowest BCUT2D eigenvalue weighted by atomic mass is 10.0. The van der Waals surface area contributed by atoms with Crippen molar-refractivity contribution in [3.8, 4) is 11.1 Å². The minimum Gasteiger partial charge on any atom is -0.375 e. The molecule has 0 radical (unpaired) electrons. The van der Waals surface area contributed by atoms with Gasteiger partial charge in [0.1, 0.15) is 0 Å². The Morgan fingerprint density at radius 3 is 2.78 bits per heavy atom. The summed E-state index contributed by atoms with van der Waals surface area (Å²) in [5.74, 6) is 0. The van der Waals surface area contributed by atoms with Gasteiger partial charge in [-0.1, -0.05) is 17.4 Å². The molecule has 0 amide bonds. The molecule has 0 fully saturated rings. The van der Waals surface area contributed by atoms with E-state index in [1.807, 2.05) is 24.0 Å². The molecule has 1 aliphatic rings. The van der Waals surface area contributed by atoms with Crippen LogP contribution in [0.25, 0.3) is 21.3 Å². The molecule has 2 unspecified atom stereocenters. The molecule has 0 bridgehead atoms. The lowest BCUT2D eigenvalue weighted by Gasteiger charge is -2.14. The van der Waals surface area contributed by atoms with E-state index in [0.29, 0.717) is 10.5 Å². The van der Waals surface area contributed by atoms with Gasteiger partial charge in [-0.2, -0.15) is 0 Å². The summed E-state index contributed by atoms with van der Waals surface area (Å²) >= 11 is 3.43. The summed E-state index contributed by atoms with van der Waals surface area (Å²) in [5, 5.41) is 1.17. The molecule has 3 aromatic rings. The van der Waals surface area contributed by atoms with E-state index in [0.717, 1.165) is 21.3 Å².